The second kappa shape index (κ2) is 8.20. The molecule has 1 aliphatic rings. The Kier molecular flexibility index (Phi) is 6.28. The maximum Gasteiger partial charge on any atom is 0.321 e. The van der Waals surface area contributed by atoms with Gasteiger partial charge < -0.3 is 20.1 Å². The Morgan fingerprint density at radius 3 is 2.96 bits per heavy atom. The van der Waals surface area contributed by atoms with E-state index >= 15 is 0 Å². The standard InChI is InChI=1S/C18H28N2O3/c1-13(2)8-10-23-17-11-15(7-6-14(17)3)19-18(22)20-9-4-5-16(21)12-20/h6-7,11,13,16,21H,4-5,8-10,12H2,1-3H3,(H,19,22). The van der Waals surface area contributed by atoms with E-state index in [0.29, 0.717) is 25.6 Å². The van der Waals surface area contributed by atoms with Crippen LogP contribution in [-0.4, -0.2) is 41.8 Å². The Hall–Kier alpha value is -1.75. The monoisotopic (exact) mass is 320 g/mol. The highest BCUT2D eigenvalue weighted by Gasteiger charge is 2.22. The molecule has 5 nitrogen and oxygen atoms in total. The number of anilines is 1. The first-order valence-corrected chi connectivity index (χ1v) is 8.43. The number of ether oxygens (including phenoxy) is 1. The Bertz CT molecular complexity index is 531. The fraction of sp³-hybridized carbons (Fsp3) is 0.611. The minimum absolute atomic E-state index is 0.166. The molecule has 1 fully saturated rings. The third-order valence-corrected chi connectivity index (χ3v) is 4.08. The molecule has 1 aromatic carbocycles. The van der Waals surface area contributed by atoms with E-state index in [9.17, 15) is 9.90 Å². The first-order valence-electron chi connectivity index (χ1n) is 8.43. The SMILES string of the molecule is Cc1ccc(NC(=O)N2CCCC(O)C2)cc1OCCC(C)C. The summed E-state index contributed by atoms with van der Waals surface area (Å²) in [5, 5.41) is 12.6. The van der Waals surface area contributed by atoms with Gasteiger partial charge in [0.1, 0.15) is 5.75 Å². The largest absolute Gasteiger partial charge is 0.493 e. The van der Waals surface area contributed by atoms with Gasteiger partial charge in [0.25, 0.3) is 0 Å². The van der Waals surface area contributed by atoms with Crippen LogP contribution in [0.4, 0.5) is 10.5 Å². The van der Waals surface area contributed by atoms with E-state index < -0.39 is 6.10 Å². The van der Waals surface area contributed by atoms with Crippen LogP contribution >= 0.6 is 0 Å². The van der Waals surface area contributed by atoms with Crippen LogP contribution in [0.25, 0.3) is 0 Å². The quantitative estimate of drug-likeness (QED) is 0.874. The van der Waals surface area contributed by atoms with Gasteiger partial charge in [0.05, 0.1) is 12.7 Å². The number of nitrogens with zero attached hydrogens (tertiary/aromatic N) is 1. The highest BCUT2D eigenvalue weighted by Crippen LogP contribution is 2.24. The molecule has 23 heavy (non-hydrogen) atoms. The van der Waals surface area contributed by atoms with Crippen molar-refractivity contribution in [2.24, 2.45) is 5.92 Å². The maximum absolute atomic E-state index is 12.3. The molecule has 0 spiro atoms. The first-order chi connectivity index (χ1) is 11.0. The van der Waals surface area contributed by atoms with Gasteiger partial charge in [-0.15, -0.1) is 0 Å². The number of aliphatic hydroxyl groups is 1. The van der Waals surface area contributed by atoms with Gasteiger partial charge in [-0.1, -0.05) is 19.9 Å². The molecule has 0 saturated carbocycles. The summed E-state index contributed by atoms with van der Waals surface area (Å²) in [5.74, 6) is 1.41. The van der Waals surface area contributed by atoms with E-state index in [1.807, 2.05) is 25.1 Å². The van der Waals surface area contributed by atoms with E-state index in [1.165, 1.54) is 0 Å². The van der Waals surface area contributed by atoms with Crippen LogP contribution < -0.4 is 10.1 Å². The summed E-state index contributed by atoms with van der Waals surface area (Å²) in [4.78, 5) is 13.9. The molecule has 1 heterocycles. The van der Waals surface area contributed by atoms with E-state index in [-0.39, 0.29) is 6.03 Å². The van der Waals surface area contributed by atoms with Gasteiger partial charge in [-0.2, -0.15) is 0 Å². The van der Waals surface area contributed by atoms with Gasteiger partial charge in [0.2, 0.25) is 0 Å². The summed E-state index contributed by atoms with van der Waals surface area (Å²) in [5.41, 5.74) is 1.78. The minimum atomic E-state index is -0.414. The van der Waals surface area contributed by atoms with Crippen LogP contribution in [0.2, 0.25) is 0 Å². The van der Waals surface area contributed by atoms with Gasteiger partial charge >= 0.3 is 6.03 Å². The number of hydrogen-bond donors (Lipinski definition) is 2. The topological polar surface area (TPSA) is 61.8 Å². The van der Waals surface area contributed by atoms with Crippen molar-refractivity contribution in [2.45, 2.75) is 46.1 Å². The third-order valence-electron chi connectivity index (χ3n) is 4.08. The average Bonchev–Trinajstić information content (AvgIpc) is 2.50. The van der Waals surface area contributed by atoms with Crippen molar-refractivity contribution in [1.29, 1.82) is 0 Å². The predicted octanol–water partition coefficient (Wildman–Crippen LogP) is 3.41. The molecule has 5 heteroatoms. The number of likely N-dealkylation sites (tertiary alicyclic amines) is 1. The third kappa shape index (κ3) is 5.43. The number of benzene rings is 1. The van der Waals surface area contributed by atoms with Gasteiger partial charge in [0.15, 0.2) is 0 Å². The number of β-amino-alcohol motifs (C(OH)–C–C–N with tert-alkyl or cyclic N) is 1. The summed E-state index contributed by atoms with van der Waals surface area (Å²) in [7, 11) is 0. The molecule has 1 aromatic rings. The highest BCUT2D eigenvalue weighted by molar-refractivity contribution is 5.89. The number of hydrogen-bond acceptors (Lipinski definition) is 3. The number of aryl methyl sites for hydroxylation is 1. The molecular weight excluding hydrogens is 292 g/mol. The molecule has 1 aliphatic heterocycles. The number of urea groups is 1. The van der Waals surface area contributed by atoms with Crippen LogP contribution in [0.1, 0.15) is 38.7 Å². The number of rotatable bonds is 5. The van der Waals surface area contributed by atoms with Crippen molar-refractivity contribution < 1.29 is 14.6 Å². The van der Waals surface area contributed by atoms with Crippen LogP contribution in [0.3, 0.4) is 0 Å². The zero-order valence-corrected chi connectivity index (χ0v) is 14.3. The molecule has 0 aliphatic carbocycles. The number of amides is 2. The lowest BCUT2D eigenvalue weighted by atomic mass is 10.1. The van der Waals surface area contributed by atoms with Crippen molar-refractivity contribution in [3.05, 3.63) is 23.8 Å². The lowest BCUT2D eigenvalue weighted by molar-refractivity contribution is 0.0883. The van der Waals surface area contributed by atoms with Crippen molar-refractivity contribution in [1.82, 2.24) is 4.90 Å². The number of carbonyl (C=O) groups is 1. The zero-order chi connectivity index (χ0) is 16.8. The van der Waals surface area contributed by atoms with E-state index in [1.54, 1.807) is 4.90 Å². The number of nitrogens with one attached hydrogen (secondary N) is 1. The molecule has 1 unspecified atom stereocenters. The Balaban J connectivity index is 1.95. The average molecular weight is 320 g/mol. The van der Waals surface area contributed by atoms with Gasteiger partial charge in [-0.05, 0) is 43.7 Å². The predicted molar refractivity (Wildman–Crippen MR) is 92.0 cm³/mol. The van der Waals surface area contributed by atoms with Crippen molar-refractivity contribution in [2.75, 3.05) is 25.0 Å². The normalized spacial score (nSPS) is 18.1. The summed E-state index contributed by atoms with van der Waals surface area (Å²) < 4.78 is 5.83. The summed E-state index contributed by atoms with van der Waals surface area (Å²) in [6, 6.07) is 5.53. The highest BCUT2D eigenvalue weighted by atomic mass is 16.5. The van der Waals surface area contributed by atoms with Gasteiger partial charge in [-0.25, -0.2) is 4.79 Å². The lowest BCUT2D eigenvalue weighted by Gasteiger charge is -2.30. The molecule has 2 N–H and O–H groups in total. The molecule has 128 valence electrons. The first kappa shape index (κ1) is 17.6. The fourth-order valence-corrected chi connectivity index (χ4v) is 2.58. The maximum atomic E-state index is 12.3. The molecule has 1 saturated heterocycles. The smallest absolute Gasteiger partial charge is 0.321 e. The molecule has 0 radical (unpaired) electrons. The Labute approximate surface area is 138 Å². The molecule has 0 aromatic heterocycles. The van der Waals surface area contributed by atoms with E-state index in [0.717, 1.165) is 36.3 Å². The van der Waals surface area contributed by atoms with Crippen LogP contribution in [0.5, 0.6) is 5.75 Å². The van der Waals surface area contributed by atoms with Crippen LogP contribution in [0, 0.1) is 12.8 Å². The lowest BCUT2D eigenvalue weighted by Crippen LogP contribution is -2.44. The Morgan fingerprint density at radius 2 is 2.26 bits per heavy atom. The molecule has 2 rings (SSSR count). The van der Waals surface area contributed by atoms with Crippen LogP contribution in [-0.2, 0) is 0 Å². The van der Waals surface area contributed by atoms with Crippen molar-refractivity contribution in [3.63, 3.8) is 0 Å². The van der Waals surface area contributed by atoms with Crippen molar-refractivity contribution >= 4 is 11.7 Å². The van der Waals surface area contributed by atoms with Crippen molar-refractivity contribution in [3.8, 4) is 5.75 Å². The summed E-state index contributed by atoms with van der Waals surface area (Å²) >= 11 is 0. The minimum Gasteiger partial charge on any atom is -0.493 e. The second-order valence-electron chi connectivity index (χ2n) is 6.68. The summed E-state index contributed by atoms with van der Waals surface area (Å²) in [6.07, 6.45) is 2.19. The number of aliphatic hydroxyl groups excluding tert-OH is 1. The second-order valence-corrected chi connectivity index (χ2v) is 6.68. The zero-order valence-electron chi connectivity index (χ0n) is 14.3. The summed E-state index contributed by atoms with van der Waals surface area (Å²) in [6.45, 7) is 8.09. The van der Waals surface area contributed by atoms with Gasteiger partial charge in [-0.3, -0.25) is 0 Å². The van der Waals surface area contributed by atoms with Gasteiger partial charge in [0, 0.05) is 24.8 Å². The number of carbonyl (C=O) groups excluding carboxylic acids is 1. The molecule has 0 bridgehead atoms. The van der Waals surface area contributed by atoms with Crippen LogP contribution in [0.15, 0.2) is 18.2 Å². The van der Waals surface area contributed by atoms with E-state index in [2.05, 4.69) is 19.2 Å². The molecule has 2 amide bonds. The molecule has 1 atom stereocenters. The molecular formula is C18H28N2O3. The number of piperidine rings is 1. The fourth-order valence-electron chi connectivity index (χ4n) is 2.58. The van der Waals surface area contributed by atoms with E-state index in [4.69, 9.17) is 4.74 Å². The Morgan fingerprint density at radius 1 is 1.48 bits per heavy atom.